The van der Waals surface area contributed by atoms with E-state index in [9.17, 15) is 22.4 Å². The molecule has 1 atom stereocenters. The normalized spacial score (nSPS) is 13.2. The van der Waals surface area contributed by atoms with Crippen molar-refractivity contribution in [3.63, 3.8) is 0 Å². The van der Waals surface area contributed by atoms with Gasteiger partial charge >= 0.3 is 6.18 Å². The topological polar surface area (TPSA) is 55.1 Å². The molecule has 0 spiro atoms. The third kappa shape index (κ3) is 3.43. The second-order valence-electron chi connectivity index (χ2n) is 3.76. The smallest absolute Gasteiger partial charge is 0.340 e. The van der Waals surface area contributed by atoms with Gasteiger partial charge in [-0.25, -0.2) is 4.39 Å². The lowest BCUT2D eigenvalue weighted by atomic mass is 10.1. The largest absolute Gasteiger partial charge is 0.408 e. The fourth-order valence-electron chi connectivity index (χ4n) is 1.23. The Balaban J connectivity index is 2.85. The summed E-state index contributed by atoms with van der Waals surface area (Å²) in [5.74, 6) is -2.01. The van der Waals surface area contributed by atoms with E-state index in [1.165, 1.54) is 6.07 Å². The highest BCUT2D eigenvalue weighted by Crippen LogP contribution is 2.20. The fourth-order valence-corrected chi connectivity index (χ4v) is 1.23. The van der Waals surface area contributed by atoms with Crippen molar-refractivity contribution in [2.45, 2.75) is 25.7 Å². The molecule has 18 heavy (non-hydrogen) atoms. The standard InChI is InChI=1S/C11H12F4N2O/c1-6(11(13,14)15)17-10(18)8-3-2-7(5-16)4-9(8)12/h2-4,6H,5,16H2,1H3,(H,17,18). The number of halogens is 4. The zero-order valence-electron chi connectivity index (χ0n) is 9.51. The Hall–Kier alpha value is -1.63. The molecule has 0 aliphatic rings. The lowest BCUT2D eigenvalue weighted by molar-refractivity contribution is -0.149. The summed E-state index contributed by atoms with van der Waals surface area (Å²) in [5, 5.41) is 1.68. The lowest BCUT2D eigenvalue weighted by Gasteiger charge is -2.17. The van der Waals surface area contributed by atoms with Crippen LogP contribution in [0, 0.1) is 5.82 Å². The number of hydrogen-bond acceptors (Lipinski definition) is 2. The Morgan fingerprint density at radius 1 is 1.44 bits per heavy atom. The Morgan fingerprint density at radius 2 is 2.06 bits per heavy atom. The lowest BCUT2D eigenvalue weighted by Crippen LogP contribution is -2.43. The number of nitrogens with one attached hydrogen (secondary N) is 1. The van der Waals surface area contributed by atoms with Crippen LogP contribution in [-0.2, 0) is 6.54 Å². The first-order chi connectivity index (χ1) is 8.25. The van der Waals surface area contributed by atoms with Crippen LogP contribution in [0.1, 0.15) is 22.8 Å². The second-order valence-corrected chi connectivity index (χ2v) is 3.76. The summed E-state index contributed by atoms with van der Waals surface area (Å²) < 4.78 is 50.1. The highest BCUT2D eigenvalue weighted by Gasteiger charge is 2.37. The van der Waals surface area contributed by atoms with E-state index in [-0.39, 0.29) is 6.54 Å². The van der Waals surface area contributed by atoms with Gasteiger partial charge in [-0.1, -0.05) is 6.07 Å². The Labute approximate surface area is 101 Å². The first kappa shape index (κ1) is 14.4. The molecule has 1 aromatic carbocycles. The zero-order chi connectivity index (χ0) is 13.9. The molecule has 0 radical (unpaired) electrons. The molecule has 0 aliphatic carbocycles. The number of carbonyl (C=O) groups excluding carboxylic acids is 1. The van der Waals surface area contributed by atoms with Crippen LogP contribution in [0.25, 0.3) is 0 Å². The van der Waals surface area contributed by atoms with Crippen LogP contribution in [0.2, 0.25) is 0 Å². The average molecular weight is 264 g/mol. The Bertz CT molecular complexity index is 445. The summed E-state index contributed by atoms with van der Waals surface area (Å²) >= 11 is 0. The monoisotopic (exact) mass is 264 g/mol. The molecule has 1 amide bonds. The molecule has 1 unspecified atom stereocenters. The van der Waals surface area contributed by atoms with Gasteiger partial charge in [0.15, 0.2) is 0 Å². The quantitative estimate of drug-likeness (QED) is 0.820. The van der Waals surface area contributed by atoms with Crippen LogP contribution < -0.4 is 11.1 Å². The SMILES string of the molecule is CC(NC(=O)c1ccc(CN)cc1F)C(F)(F)F. The van der Waals surface area contributed by atoms with Gasteiger partial charge in [-0.3, -0.25) is 4.79 Å². The molecule has 3 N–H and O–H groups in total. The van der Waals surface area contributed by atoms with Crippen molar-refractivity contribution < 1.29 is 22.4 Å². The number of rotatable bonds is 3. The van der Waals surface area contributed by atoms with Crippen molar-refractivity contribution in [3.8, 4) is 0 Å². The van der Waals surface area contributed by atoms with E-state index in [0.717, 1.165) is 19.1 Å². The van der Waals surface area contributed by atoms with Crippen molar-refractivity contribution in [2.24, 2.45) is 5.73 Å². The van der Waals surface area contributed by atoms with Crippen LogP contribution in [-0.4, -0.2) is 18.1 Å². The second kappa shape index (κ2) is 5.34. The molecule has 0 fully saturated rings. The van der Waals surface area contributed by atoms with Crippen LogP contribution in [0.15, 0.2) is 18.2 Å². The Kier molecular flexibility index (Phi) is 4.28. The molecular weight excluding hydrogens is 252 g/mol. The fraction of sp³-hybridized carbons (Fsp3) is 0.364. The molecule has 1 rings (SSSR count). The van der Waals surface area contributed by atoms with E-state index < -0.39 is 29.5 Å². The van der Waals surface area contributed by atoms with Crippen LogP contribution in [0.5, 0.6) is 0 Å². The van der Waals surface area contributed by atoms with Gasteiger partial charge in [-0.2, -0.15) is 13.2 Å². The van der Waals surface area contributed by atoms with Crippen molar-refractivity contribution in [2.75, 3.05) is 0 Å². The number of carbonyl (C=O) groups is 1. The maximum absolute atomic E-state index is 13.4. The van der Waals surface area contributed by atoms with E-state index in [4.69, 9.17) is 5.73 Å². The number of nitrogens with two attached hydrogens (primary N) is 1. The van der Waals surface area contributed by atoms with Gasteiger partial charge in [-0.15, -0.1) is 0 Å². The van der Waals surface area contributed by atoms with Crippen molar-refractivity contribution in [1.82, 2.24) is 5.32 Å². The molecule has 100 valence electrons. The van der Waals surface area contributed by atoms with Gasteiger partial charge in [0.1, 0.15) is 11.9 Å². The predicted molar refractivity (Wildman–Crippen MR) is 57.3 cm³/mol. The summed E-state index contributed by atoms with van der Waals surface area (Å²) in [6.45, 7) is 0.863. The highest BCUT2D eigenvalue weighted by molar-refractivity contribution is 5.94. The minimum absolute atomic E-state index is 0.0811. The number of amides is 1. The molecular formula is C11H12F4N2O. The van der Waals surface area contributed by atoms with E-state index in [0.29, 0.717) is 5.56 Å². The Morgan fingerprint density at radius 3 is 2.50 bits per heavy atom. The molecule has 7 heteroatoms. The predicted octanol–water partition coefficient (Wildman–Crippen LogP) is 1.97. The van der Waals surface area contributed by atoms with E-state index >= 15 is 0 Å². The average Bonchev–Trinajstić information content (AvgIpc) is 2.27. The van der Waals surface area contributed by atoms with Gasteiger partial charge in [-0.05, 0) is 24.6 Å². The van der Waals surface area contributed by atoms with Gasteiger partial charge in [0.05, 0.1) is 5.56 Å². The van der Waals surface area contributed by atoms with Crippen LogP contribution >= 0.6 is 0 Å². The van der Waals surface area contributed by atoms with Crippen molar-refractivity contribution in [1.29, 1.82) is 0 Å². The third-order valence-electron chi connectivity index (χ3n) is 2.35. The molecule has 0 aromatic heterocycles. The minimum Gasteiger partial charge on any atom is -0.340 e. The first-order valence-electron chi connectivity index (χ1n) is 5.11. The zero-order valence-corrected chi connectivity index (χ0v) is 9.51. The summed E-state index contributed by atoms with van der Waals surface area (Å²) in [6.07, 6.45) is -4.57. The number of benzene rings is 1. The molecule has 3 nitrogen and oxygen atoms in total. The van der Waals surface area contributed by atoms with Gasteiger partial charge in [0, 0.05) is 6.54 Å². The highest BCUT2D eigenvalue weighted by atomic mass is 19.4. The summed E-state index contributed by atoms with van der Waals surface area (Å²) in [5.41, 5.74) is 5.28. The summed E-state index contributed by atoms with van der Waals surface area (Å²) in [4.78, 5) is 11.4. The molecule has 1 aromatic rings. The first-order valence-corrected chi connectivity index (χ1v) is 5.11. The molecule has 0 heterocycles. The molecule has 0 aliphatic heterocycles. The van der Waals surface area contributed by atoms with Crippen LogP contribution in [0.3, 0.4) is 0 Å². The number of hydrogen-bond donors (Lipinski definition) is 2. The van der Waals surface area contributed by atoms with E-state index in [1.807, 2.05) is 0 Å². The minimum atomic E-state index is -4.57. The van der Waals surface area contributed by atoms with Crippen molar-refractivity contribution in [3.05, 3.63) is 35.1 Å². The van der Waals surface area contributed by atoms with Crippen molar-refractivity contribution >= 4 is 5.91 Å². The summed E-state index contributed by atoms with van der Waals surface area (Å²) in [6, 6.07) is 1.47. The van der Waals surface area contributed by atoms with Gasteiger partial charge in [0.25, 0.3) is 5.91 Å². The third-order valence-corrected chi connectivity index (χ3v) is 2.35. The molecule has 0 bridgehead atoms. The maximum Gasteiger partial charge on any atom is 0.408 e. The maximum atomic E-state index is 13.4. The van der Waals surface area contributed by atoms with E-state index in [2.05, 4.69) is 0 Å². The molecule has 0 saturated carbocycles. The summed E-state index contributed by atoms with van der Waals surface area (Å²) in [7, 11) is 0. The van der Waals surface area contributed by atoms with Gasteiger partial charge in [0.2, 0.25) is 0 Å². The van der Waals surface area contributed by atoms with E-state index in [1.54, 1.807) is 5.32 Å². The van der Waals surface area contributed by atoms with Gasteiger partial charge < -0.3 is 11.1 Å². The van der Waals surface area contributed by atoms with Crippen LogP contribution in [0.4, 0.5) is 17.6 Å². The number of alkyl halides is 3. The molecule has 0 saturated heterocycles.